The topological polar surface area (TPSA) is 72.9 Å². The molecule has 1 aliphatic rings. The Hall–Kier alpha value is -2.35. The summed E-state index contributed by atoms with van der Waals surface area (Å²) < 4.78 is 7.58. The van der Waals surface area contributed by atoms with Crippen LogP contribution in [0.15, 0.2) is 33.9 Å². The van der Waals surface area contributed by atoms with E-state index in [1.807, 2.05) is 0 Å². The van der Waals surface area contributed by atoms with E-state index in [2.05, 4.69) is 74.8 Å². The Labute approximate surface area is 175 Å². The summed E-state index contributed by atoms with van der Waals surface area (Å²) in [5.41, 5.74) is 2.31. The lowest BCUT2D eigenvalue weighted by Gasteiger charge is -2.18. The summed E-state index contributed by atoms with van der Waals surface area (Å²) in [6.45, 7) is 8.55. The van der Waals surface area contributed by atoms with Gasteiger partial charge in [0.25, 0.3) is 0 Å². The van der Waals surface area contributed by atoms with Crippen molar-refractivity contribution >= 4 is 17.7 Å². The average Bonchev–Trinajstić information content (AvgIpc) is 3.45. The Morgan fingerprint density at radius 1 is 1.10 bits per heavy atom. The maximum atomic E-state index is 5.44. The zero-order chi connectivity index (χ0) is 20.2. The van der Waals surface area contributed by atoms with E-state index in [1.54, 1.807) is 11.8 Å². The molecule has 0 unspecified atom stereocenters. The summed E-state index contributed by atoms with van der Waals surface area (Å²) in [6, 6.07) is 8.49. The van der Waals surface area contributed by atoms with Gasteiger partial charge in [-0.1, -0.05) is 48.5 Å². The lowest BCUT2D eigenvalue weighted by Crippen LogP contribution is -2.22. The number of anilines is 1. The van der Waals surface area contributed by atoms with E-state index in [9.17, 15) is 0 Å². The number of rotatable bonds is 8. The molecule has 8 heteroatoms. The van der Waals surface area contributed by atoms with Gasteiger partial charge < -0.3 is 9.42 Å². The molecule has 4 rings (SSSR count). The van der Waals surface area contributed by atoms with E-state index in [1.165, 1.54) is 18.4 Å². The van der Waals surface area contributed by atoms with E-state index < -0.39 is 0 Å². The van der Waals surface area contributed by atoms with Crippen LogP contribution in [0.2, 0.25) is 0 Å². The number of benzene rings is 1. The summed E-state index contributed by atoms with van der Waals surface area (Å²) in [5, 5.41) is 14.0. The normalized spacial score (nSPS) is 14.3. The Balaban J connectivity index is 1.53. The van der Waals surface area contributed by atoms with Crippen LogP contribution in [0.3, 0.4) is 0 Å². The zero-order valence-corrected chi connectivity index (χ0v) is 18.2. The molecule has 1 saturated heterocycles. The fourth-order valence-corrected chi connectivity index (χ4v) is 4.18. The van der Waals surface area contributed by atoms with E-state index >= 15 is 0 Å². The molecule has 1 aromatic carbocycles. The highest BCUT2D eigenvalue weighted by molar-refractivity contribution is 7.98. The van der Waals surface area contributed by atoms with Gasteiger partial charge in [0.05, 0.1) is 11.4 Å². The molecule has 3 heterocycles. The second-order valence-corrected chi connectivity index (χ2v) is 8.92. The molecule has 7 nitrogen and oxygen atoms in total. The van der Waals surface area contributed by atoms with E-state index in [4.69, 9.17) is 4.52 Å². The maximum Gasteiger partial charge on any atom is 0.237 e. The molecule has 0 spiro atoms. The third kappa shape index (κ3) is 4.80. The summed E-state index contributed by atoms with van der Waals surface area (Å²) in [6.07, 6.45) is 4.31. The second-order valence-electron chi connectivity index (χ2n) is 7.97. The first-order valence-electron chi connectivity index (χ1n) is 10.3. The molecule has 0 aliphatic carbocycles. The van der Waals surface area contributed by atoms with Crippen molar-refractivity contribution in [2.45, 2.75) is 57.4 Å². The molecule has 0 atom stereocenters. The van der Waals surface area contributed by atoms with Crippen molar-refractivity contribution in [1.82, 2.24) is 24.9 Å². The largest absolute Gasteiger partial charge is 0.341 e. The van der Waals surface area contributed by atoms with Gasteiger partial charge in [-0.25, -0.2) is 0 Å². The van der Waals surface area contributed by atoms with Crippen molar-refractivity contribution in [1.29, 1.82) is 0 Å². The molecule has 0 radical (unpaired) electrons. The molecule has 1 fully saturated rings. The molecule has 1 aliphatic heterocycles. The first kappa shape index (κ1) is 19.9. The Bertz CT molecular complexity index is 927. The molecule has 0 amide bonds. The fourth-order valence-electron chi connectivity index (χ4n) is 3.39. The Morgan fingerprint density at radius 2 is 1.86 bits per heavy atom. The predicted molar refractivity (Wildman–Crippen MR) is 115 cm³/mol. The predicted octanol–water partition coefficient (Wildman–Crippen LogP) is 4.44. The lowest BCUT2D eigenvalue weighted by atomic mass is 10.1. The third-order valence-corrected chi connectivity index (χ3v) is 5.99. The molecule has 2 aromatic heterocycles. The van der Waals surface area contributed by atoms with Gasteiger partial charge in [0.1, 0.15) is 0 Å². The van der Waals surface area contributed by atoms with E-state index in [0.29, 0.717) is 17.6 Å². The summed E-state index contributed by atoms with van der Waals surface area (Å²) >= 11 is 1.58. The highest BCUT2D eigenvalue weighted by atomic mass is 32.2. The van der Waals surface area contributed by atoms with Crippen LogP contribution in [0.1, 0.15) is 50.4 Å². The summed E-state index contributed by atoms with van der Waals surface area (Å²) in [4.78, 5) is 6.84. The number of aromatic nitrogens is 5. The van der Waals surface area contributed by atoms with E-state index in [-0.39, 0.29) is 0 Å². The van der Waals surface area contributed by atoms with Crippen LogP contribution >= 0.6 is 11.8 Å². The van der Waals surface area contributed by atoms with Crippen molar-refractivity contribution in [3.63, 3.8) is 0 Å². The van der Waals surface area contributed by atoms with Crippen LogP contribution in [0.4, 0.5) is 5.95 Å². The standard InChI is InChI=1S/C21H28N6OS/c1-15(2)6-11-18-22-19(28-25-18)14-29-21-24-23-20(26-12-4-5-13-26)27(21)17-9-7-16(3)8-10-17/h7-10,15H,4-6,11-14H2,1-3H3. The van der Waals surface area contributed by atoms with E-state index in [0.717, 1.165) is 48.5 Å². The highest BCUT2D eigenvalue weighted by Gasteiger charge is 2.23. The first-order chi connectivity index (χ1) is 14.1. The molecule has 0 bridgehead atoms. The SMILES string of the molecule is Cc1ccc(-n2c(SCc3nc(CCC(C)C)no3)nnc2N2CCCC2)cc1. The summed E-state index contributed by atoms with van der Waals surface area (Å²) in [7, 11) is 0. The van der Waals surface area contributed by atoms with Crippen LogP contribution in [-0.2, 0) is 12.2 Å². The van der Waals surface area contributed by atoms with Crippen LogP contribution in [0, 0.1) is 12.8 Å². The van der Waals surface area contributed by atoms with Gasteiger partial charge in [-0.3, -0.25) is 4.57 Å². The first-order valence-corrected chi connectivity index (χ1v) is 11.3. The highest BCUT2D eigenvalue weighted by Crippen LogP contribution is 2.30. The number of aryl methyl sites for hydroxylation is 2. The Kier molecular flexibility index (Phi) is 6.18. The molecule has 0 saturated carbocycles. The molecule has 154 valence electrons. The quantitative estimate of drug-likeness (QED) is 0.506. The summed E-state index contributed by atoms with van der Waals surface area (Å²) in [5.74, 6) is 3.54. The Morgan fingerprint density at radius 3 is 2.59 bits per heavy atom. The molecular formula is C21H28N6OS. The molecule has 29 heavy (non-hydrogen) atoms. The van der Waals surface area contributed by atoms with Gasteiger partial charge in [-0.15, -0.1) is 10.2 Å². The minimum Gasteiger partial charge on any atom is -0.341 e. The lowest BCUT2D eigenvalue weighted by molar-refractivity contribution is 0.383. The third-order valence-electron chi connectivity index (χ3n) is 5.08. The smallest absolute Gasteiger partial charge is 0.237 e. The average molecular weight is 413 g/mol. The van der Waals surface area contributed by atoms with Crippen LogP contribution < -0.4 is 4.90 Å². The van der Waals surface area contributed by atoms with Crippen molar-refractivity contribution in [3.8, 4) is 5.69 Å². The van der Waals surface area contributed by atoms with Gasteiger partial charge >= 0.3 is 0 Å². The van der Waals surface area contributed by atoms with Crippen molar-refractivity contribution in [2.75, 3.05) is 18.0 Å². The van der Waals surface area contributed by atoms with Crippen LogP contribution in [-0.4, -0.2) is 38.0 Å². The fraction of sp³-hybridized carbons (Fsp3) is 0.524. The molecular weight excluding hydrogens is 384 g/mol. The van der Waals surface area contributed by atoms with Crippen molar-refractivity contribution in [3.05, 3.63) is 41.5 Å². The monoisotopic (exact) mass is 412 g/mol. The van der Waals surface area contributed by atoms with Gasteiger partial charge in [0.2, 0.25) is 11.8 Å². The molecule has 3 aromatic rings. The maximum absolute atomic E-state index is 5.44. The number of nitrogens with zero attached hydrogens (tertiary/aromatic N) is 6. The van der Waals surface area contributed by atoms with Gasteiger partial charge in [-0.05, 0) is 44.2 Å². The zero-order valence-electron chi connectivity index (χ0n) is 17.3. The number of thioether (sulfide) groups is 1. The minimum atomic E-state index is 0.582. The van der Waals surface area contributed by atoms with Gasteiger partial charge in [0.15, 0.2) is 11.0 Å². The minimum absolute atomic E-state index is 0.582. The van der Waals surface area contributed by atoms with Crippen molar-refractivity contribution in [2.24, 2.45) is 5.92 Å². The van der Waals surface area contributed by atoms with Crippen molar-refractivity contribution < 1.29 is 4.52 Å². The number of hydrogen-bond donors (Lipinski definition) is 0. The molecule has 0 N–H and O–H groups in total. The van der Waals surface area contributed by atoms with Gasteiger partial charge in [-0.2, -0.15) is 4.98 Å². The van der Waals surface area contributed by atoms with Crippen LogP contribution in [0.25, 0.3) is 5.69 Å². The van der Waals surface area contributed by atoms with Gasteiger partial charge in [0, 0.05) is 19.5 Å². The second kappa shape index (κ2) is 8.98. The van der Waals surface area contributed by atoms with Crippen LogP contribution in [0.5, 0.6) is 0 Å². The number of hydrogen-bond acceptors (Lipinski definition) is 7.